The first-order chi connectivity index (χ1) is 6.78. The van der Waals surface area contributed by atoms with Crippen molar-refractivity contribution in [1.82, 2.24) is 0 Å². The van der Waals surface area contributed by atoms with E-state index in [2.05, 4.69) is 31.2 Å². The van der Waals surface area contributed by atoms with Gasteiger partial charge in [-0.25, -0.2) is 0 Å². The molecule has 0 unspecified atom stereocenters. The zero-order chi connectivity index (χ0) is 9.97. The van der Waals surface area contributed by atoms with Gasteiger partial charge in [-0.2, -0.15) is 0 Å². The molecule has 0 radical (unpaired) electrons. The van der Waals surface area contributed by atoms with Crippen LogP contribution in [0.1, 0.15) is 24.0 Å². The molecule has 1 aromatic carbocycles. The average Bonchev–Trinajstić information content (AvgIpc) is 2.13. The van der Waals surface area contributed by atoms with Crippen molar-refractivity contribution < 1.29 is 5.11 Å². The zero-order valence-electron chi connectivity index (χ0n) is 8.74. The molecule has 0 saturated heterocycles. The van der Waals surface area contributed by atoms with Crippen molar-refractivity contribution >= 4 is 0 Å². The van der Waals surface area contributed by atoms with Gasteiger partial charge in [0.1, 0.15) is 0 Å². The van der Waals surface area contributed by atoms with Gasteiger partial charge in [-0.05, 0) is 43.6 Å². The number of benzene rings is 1. The van der Waals surface area contributed by atoms with Crippen LogP contribution >= 0.6 is 0 Å². The Morgan fingerprint density at radius 1 is 1.14 bits per heavy atom. The summed E-state index contributed by atoms with van der Waals surface area (Å²) in [6, 6.07) is 8.80. The molecule has 0 atom stereocenters. The van der Waals surface area contributed by atoms with E-state index in [1.54, 1.807) is 0 Å². The fourth-order valence-electron chi connectivity index (χ4n) is 2.25. The van der Waals surface area contributed by atoms with E-state index in [1.165, 1.54) is 30.4 Å². The molecule has 1 nitrogen and oxygen atoms in total. The lowest BCUT2D eigenvalue weighted by atomic mass is 9.72. The third kappa shape index (κ3) is 2.16. The minimum atomic E-state index is 0.379. The highest BCUT2D eigenvalue weighted by atomic mass is 16.3. The minimum absolute atomic E-state index is 0.379. The Hall–Kier alpha value is -0.820. The number of aryl methyl sites for hydroxylation is 1. The summed E-state index contributed by atoms with van der Waals surface area (Å²) < 4.78 is 0. The fraction of sp³-hybridized carbons (Fsp3) is 0.538. The Morgan fingerprint density at radius 3 is 2.36 bits per heavy atom. The summed E-state index contributed by atoms with van der Waals surface area (Å²) in [4.78, 5) is 0. The molecule has 1 aromatic rings. The van der Waals surface area contributed by atoms with Crippen LogP contribution in [-0.4, -0.2) is 11.7 Å². The van der Waals surface area contributed by atoms with Gasteiger partial charge in [0.05, 0.1) is 0 Å². The summed E-state index contributed by atoms with van der Waals surface area (Å²) in [5.74, 6) is 1.40. The predicted octanol–water partition coefficient (Wildman–Crippen LogP) is 2.56. The van der Waals surface area contributed by atoms with Gasteiger partial charge in [0.25, 0.3) is 0 Å². The molecule has 0 heterocycles. The van der Waals surface area contributed by atoms with Crippen LogP contribution in [0.15, 0.2) is 24.3 Å². The highest BCUT2D eigenvalue weighted by Crippen LogP contribution is 2.35. The maximum Gasteiger partial charge on any atom is 0.0459 e. The van der Waals surface area contributed by atoms with Crippen LogP contribution in [0.25, 0.3) is 0 Å². The Morgan fingerprint density at radius 2 is 1.79 bits per heavy atom. The molecule has 1 N–H and O–H groups in total. The molecule has 0 amide bonds. The van der Waals surface area contributed by atoms with Crippen molar-refractivity contribution in [3.63, 3.8) is 0 Å². The summed E-state index contributed by atoms with van der Waals surface area (Å²) in [5, 5.41) is 8.91. The molecule has 0 aromatic heterocycles. The lowest BCUT2D eigenvalue weighted by molar-refractivity contribution is 0.107. The van der Waals surface area contributed by atoms with E-state index in [0.29, 0.717) is 12.5 Å². The molecule has 2 rings (SSSR count). The van der Waals surface area contributed by atoms with Crippen molar-refractivity contribution in [3.8, 4) is 0 Å². The summed E-state index contributed by atoms with van der Waals surface area (Å²) in [6.07, 6.45) is 3.62. The van der Waals surface area contributed by atoms with Crippen LogP contribution in [0.2, 0.25) is 0 Å². The van der Waals surface area contributed by atoms with E-state index >= 15 is 0 Å². The average molecular weight is 190 g/mol. The third-order valence-electron chi connectivity index (χ3n) is 3.24. The van der Waals surface area contributed by atoms with Crippen LogP contribution in [0.4, 0.5) is 0 Å². The quantitative estimate of drug-likeness (QED) is 0.776. The van der Waals surface area contributed by atoms with Gasteiger partial charge in [0.2, 0.25) is 0 Å². The molecular weight excluding hydrogens is 172 g/mol. The standard InChI is InChI=1S/C13H18O/c1-10-2-4-11(5-3-10)6-12-7-13(8-12)9-14/h2-5,12-14H,6-9H2,1H3. The second kappa shape index (κ2) is 4.14. The lowest BCUT2D eigenvalue weighted by Crippen LogP contribution is -2.27. The number of hydrogen-bond donors (Lipinski definition) is 1. The fourth-order valence-corrected chi connectivity index (χ4v) is 2.25. The van der Waals surface area contributed by atoms with Crippen LogP contribution in [0, 0.1) is 18.8 Å². The third-order valence-corrected chi connectivity index (χ3v) is 3.24. The molecule has 1 fully saturated rings. The van der Waals surface area contributed by atoms with Crippen LogP contribution < -0.4 is 0 Å². The van der Waals surface area contributed by atoms with E-state index in [9.17, 15) is 0 Å². The van der Waals surface area contributed by atoms with Gasteiger partial charge < -0.3 is 5.11 Å². The number of rotatable bonds is 3. The second-order valence-corrected chi connectivity index (χ2v) is 4.58. The van der Waals surface area contributed by atoms with Gasteiger partial charge in [0.15, 0.2) is 0 Å². The zero-order valence-corrected chi connectivity index (χ0v) is 8.74. The highest BCUT2D eigenvalue weighted by Gasteiger charge is 2.27. The second-order valence-electron chi connectivity index (χ2n) is 4.58. The number of aliphatic hydroxyl groups excluding tert-OH is 1. The van der Waals surface area contributed by atoms with Crippen molar-refractivity contribution in [2.75, 3.05) is 6.61 Å². The molecule has 1 saturated carbocycles. The maximum absolute atomic E-state index is 8.91. The van der Waals surface area contributed by atoms with Crippen molar-refractivity contribution in [2.45, 2.75) is 26.2 Å². The van der Waals surface area contributed by atoms with Crippen molar-refractivity contribution in [1.29, 1.82) is 0 Å². The van der Waals surface area contributed by atoms with Crippen LogP contribution in [0.3, 0.4) is 0 Å². The van der Waals surface area contributed by atoms with Gasteiger partial charge >= 0.3 is 0 Å². The first-order valence-electron chi connectivity index (χ1n) is 5.44. The predicted molar refractivity (Wildman–Crippen MR) is 58.2 cm³/mol. The normalized spacial score (nSPS) is 25.9. The van der Waals surface area contributed by atoms with Crippen molar-refractivity contribution in [2.24, 2.45) is 11.8 Å². The molecule has 14 heavy (non-hydrogen) atoms. The van der Waals surface area contributed by atoms with Crippen LogP contribution in [-0.2, 0) is 6.42 Å². The molecule has 0 spiro atoms. The largest absolute Gasteiger partial charge is 0.396 e. The van der Waals surface area contributed by atoms with Gasteiger partial charge in [-0.3, -0.25) is 0 Å². The molecule has 0 bridgehead atoms. The maximum atomic E-state index is 8.91. The lowest BCUT2D eigenvalue weighted by Gasteiger charge is -2.34. The monoisotopic (exact) mass is 190 g/mol. The topological polar surface area (TPSA) is 20.2 Å². The first-order valence-corrected chi connectivity index (χ1v) is 5.44. The minimum Gasteiger partial charge on any atom is -0.396 e. The molecule has 76 valence electrons. The first kappa shape index (κ1) is 9.72. The number of hydrogen-bond acceptors (Lipinski definition) is 1. The highest BCUT2D eigenvalue weighted by molar-refractivity contribution is 5.21. The van der Waals surface area contributed by atoms with Gasteiger partial charge in [-0.1, -0.05) is 29.8 Å². The van der Waals surface area contributed by atoms with Crippen LogP contribution in [0.5, 0.6) is 0 Å². The Labute approximate surface area is 85.8 Å². The van der Waals surface area contributed by atoms with E-state index in [1.807, 2.05) is 0 Å². The Balaban J connectivity index is 1.84. The molecular formula is C13H18O. The van der Waals surface area contributed by atoms with E-state index in [-0.39, 0.29) is 0 Å². The Kier molecular flexibility index (Phi) is 2.87. The summed E-state index contributed by atoms with van der Waals surface area (Å²) in [5.41, 5.74) is 2.77. The SMILES string of the molecule is Cc1ccc(CC2CC(CO)C2)cc1. The molecule has 1 aliphatic carbocycles. The molecule has 1 heteroatoms. The van der Waals surface area contributed by atoms with Gasteiger partial charge in [-0.15, -0.1) is 0 Å². The van der Waals surface area contributed by atoms with Gasteiger partial charge in [0, 0.05) is 6.61 Å². The number of aliphatic hydroxyl groups is 1. The summed E-state index contributed by atoms with van der Waals surface area (Å²) in [7, 11) is 0. The molecule has 0 aliphatic heterocycles. The summed E-state index contributed by atoms with van der Waals surface area (Å²) >= 11 is 0. The summed E-state index contributed by atoms with van der Waals surface area (Å²) in [6.45, 7) is 2.50. The Bertz CT molecular complexity index is 283. The van der Waals surface area contributed by atoms with E-state index < -0.39 is 0 Å². The van der Waals surface area contributed by atoms with E-state index in [4.69, 9.17) is 5.11 Å². The smallest absolute Gasteiger partial charge is 0.0459 e. The van der Waals surface area contributed by atoms with Crippen molar-refractivity contribution in [3.05, 3.63) is 35.4 Å². The van der Waals surface area contributed by atoms with E-state index in [0.717, 1.165) is 5.92 Å². The molecule has 1 aliphatic rings.